The van der Waals surface area contributed by atoms with Gasteiger partial charge in [-0.05, 0) is 62.4 Å². The average molecular weight is 426 g/mol. The third kappa shape index (κ3) is 5.36. The van der Waals surface area contributed by atoms with E-state index in [2.05, 4.69) is 11.1 Å². The van der Waals surface area contributed by atoms with E-state index in [-0.39, 0.29) is 11.6 Å². The van der Waals surface area contributed by atoms with Crippen LogP contribution in [0.1, 0.15) is 49.8 Å². The lowest BCUT2D eigenvalue weighted by molar-refractivity contribution is 0.227. The molecule has 3 rings (SSSR count). The zero-order valence-corrected chi connectivity index (χ0v) is 17.6. The normalized spacial score (nSPS) is 19.0. The number of hydrogen-bond acceptors (Lipinski definition) is 4. The van der Waals surface area contributed by atoms with Crippen LogP contribution in [0.2, 0.25) is 5.02 Å². The molecule has 0 spiro atoms. The maximum Gasteiger partial charge on any atom is 0.166 e. The summed E-state index contributed by atoms with van der Waals surface area (Å²) in [6.07, 6.45) is 14.8. The van der Waals surface area contributed by atoms with Crippen molar-refractivity contribution < 1.29 is 9.13 Å². The van der Waals surface area contributed by atoms with E-state index in [0.29, 0.717) is 16.3 Å². The molecule has 0 amide bonds. The van der Waals surface area contributed by atoms with E-state index in [1.165, 1.54) is 24.4 Å². The molecule has 156 valence electrons. The quantitative estimate of drug-likeness (QED) is 0.524. The molecule has 1 aromatic carbocycles. The fourth-order valence-electron chi connectivity index (χ4n) is 3.37. The van der Waals surface area contributed by atoms with Crippen molar-refractivity contribution in [2.45, 2.75) is 38.7 Å². The number of allylic oxidation sites excluding steroid dienone is 6. The van der Waals surface area contributed by atoms with Crippen LogP contribution in [0.15, 0.2) is 60.3 Å². The molecule has 1 aliphatic carbocycles. The molecule has 3 N–H and O–H groups in total. The van der Waals surface area contributed by atoms with Crippen LogP contribution in [0.3, 0.4) is 0 Å². The number of nitrogens with two attached hydrogens (primary N) is 1. The summed E-state index contributed by atoms with van der Waals surface area (Å²) in [7, 11) is 0. The topological polar surface area (TPSA) is 72.0 Å². The van der Waals surface area contributed by atoms with Crippen molar-refractivity contribution in [3.63, 3.8) is 0 Å². The van der Waals surface area contributed by atoms with Gasteiger partial charge >= 0.3 is 0 Å². The summed E-state index contributed by atoms with van der Waals surface area (Å²) < 4.78 is 19.6. The first-order valence-corrected chi connectivity index (χ1v) is 10.3. The first-order valence-electron chi connectivity index (χ1n) is 9.94. The lowest BCUT2D eigenvalue weighted by Crippen LogP contribution is -2.07. The number of nitrogens with zero attached hydrogens (tertiary/aromatic N) is 1. The van der Waals surface area contributed by atoms with E-state index in [4.69, 9.17) is 27.5 Å². The molecule has 0 bridgehead atoms. The molecule has 0 aliphatic heterocycles. The molecule has 0 radical (unpaired) electrons. The highest BCUT2D eigenvalue weighted by Gasteiger charge is 2.16. The Hall–Kier alpha value is -2.92. The van der Waals surface area contributed by atoms with Crippen LogP contribution in [0.25, 0.3) is 5.57 Å². The third-order valence-corrected chi connectivity index (χ3v) is 5.34. The predicted molar refractivity (Wildman–Crippen MR) is 122 cm³/mol. The third-order valence-electron chi connectivity index (χ3n) is 4.99. The molecular formula is C24H25ClFN3O. The van der Waals surface area contributed by atoms with E-state index in [0.717, 1.165) is 42.4 Å². The highest BCUT2D eigenvalue weighted by molar-refractivity contribution is 6.31. The number of aromatic nitrogens is 1. The molecule has 30 heavy (non-hydrogen) atoms. The molecule has 1 heterocycles. The van der Waals surface area contributed by atoms with Crippen LogP contribution in [-0.2, 0) is 0 Å². The summed E-state index contributed by atoms with van der Waals surface area (Å²) in [6.45, 7) is 1.77. The van der Waals surface area contributed by atoms with E-state index in [9.17, 15) is 4.39 Å². The van der Waals surface area contributed by atoms with Gasteiger partial charge in [0.05, 0.1) is 0 Å². The van der Waals surface area contributed by atoms with Crippen molar-refractivity contribution in [2.24, 2.45) is 0 Å². The maximum atomic E-state index is 13.6. The van der Waals surface area contributed by atoms with Gasteiger partial charge in [0.25, 0.3) is 0 Å². The summed E-state index contributed by atoms with van der Waals surface area (Å²) in [6, 6.07) is 5.92. The minimum Gasteiger partial charge on any atom is -0.482 e. The zero-order chi connectivity index (χ0) is 21.5. The van der Waals surface area contributed by atoms with Crippen molar-refractivity contribution in [3.8, 4) is 5.75 Å². The summed E-state index contributed by atoms with van der Waals surface area (Å²) in [5, 5.41) is 8.39. The smallest absolute Gasteiger partial charge is 0.166 e. The molecule has 2 aromatic rings. The predicted octanol–water partition coefficient (Wildman–Crippen LogP) is 6.69. The van der Waals surface area contributed by atoms with Crippen LogP contribution >= 0.6 is 11.6 Å². The monoisotopic (exact) mass is 425 g/mol. The Morgan fingerprint density at radius 3 is 2.93 bits per heavy atom. The largest absolute Gasteiger partial charge is 0.482 e. The van der Waals surface area contributed by atoms with E-state index in [1.54, 1.807) is 19.2 Å². The molecular weight excluding hydrogens is 401 g/mol. The number of halogens is 2. The van der Waals surface area contributed by atoms with Gasteiger partial charge < -0.3 is 15.9 Å². The first-order chi connectivity index (χ1) is 14.5. The van der Waals surface area contributed by atoms with Gasteiger partial charge in [-0.15, -0.1) is 0 Å². The minimum atomic E-state index is -0.529. The van der Waals surface area contributed by atoms with Gasteiger partial charge in [-0.25, -0.2) is 9.37 Å². The summed E-state index contributed by atoms with van der Waals surface area (Å²) >= 11 is 6.20. The number of rotatable bonds is 5. The highest BCUT2D eigenvalue weighted by atomic mass is 35.5. The Balaban J connectivity index is 1.94. The molecule has 0 saturated carbocycles. The van der Waals surface area contributed by atoms with Gasteiger partial charge in [0.1, 0.15) is 11.9 Å². The van der Waals surface area contributed by atoms with Gasteiger partial charge in [0.15, 0.2) is 11.6 Å². The molecule has 1 unspecified atom stereocenters. The number of anilines is 1. The van der Waals surface area contributed by atoms with E-state index in [1.807, 2.05) is 18.2 Å². The van der Waals surface area contributed by atoms with Gasteiger partial charge in [-0.3, -0.25) is 0 Å². The van der Waals surface area contributed by atoms with Crippen molar-refractivity contribution in [1.29, 1.82) is 5.41 Å². The van der Waals surface area contributed by atoms with Gasteiger partial charge in [0, 0.05) is 34.1 Å². The average Bonchev–Trinajstić information content (AvgIpc) is 2.87. The second kappa shape index (κ2) is 10.2. The lowest BCUT2D eigenvalue weighted by atomic mass is 9.97. The standard InChI is InChI=1S/C24H25ClFN3O/c1-16(20-13-19(26)10-11-22(20)25)30-23-12-18(15-29-24(23)28)21(14-27)17-8-6-4-2-3-5-7-9-17/h2,4,6,8,10-16,27H,3,5,7,9H2,1H3,(H2,28,29)/b4-2-,8-6-,21-17+,27-14?. The van der Waals surface area contributed by atoms with Crippen molar-refractivity contribution in [1.82, 2.24) is 4.98 Å². The van der Waals surface area contributed by atoms with Crippen LogP contribution < -0.4 is 10.5 Å². The maximum absolute atomic E-state index is 13.6. The second-order valence-corrected chi connectivity index (χ2v) is 7.56. The van der Waals surface area contributed by atoms with Crippen LogP contribution in [-0.4, -0.2) is 11.2 Å². The summed E-state index contributed by atoms with van der Waals surface area (Å²) in [4.78, 5) is 4.26. The van der Waals surface area contributed by atoms with Crippen LogP contribution in [0.4, 0.5) is 10.2 Å². The van der Waals surface area contributed by atoms with Gasteiger partial charge in [0.2, 0.25) is 0 Å². The Kier molecular flexibility index (Phi) is 7.41. The highest BCUT2D eigenvalue weighted by Crippen LogP contribution is 2.33. The number of nitrogens with one attached hydrogen (secondary N) is 1. The molecule has 0 saturated heterocycles. The lowest BCUT2D eigenvalue weighted by Gasteiger charge is -2.18. The van der Waals surface area contributed by atoms with Crippen molar-refractivity contribution in [3.05, 3.63) is 82.3 Å². The molecule has 1 aliphatic rings. The van der Waals surface area contributed by atoms with Gasteiger partial charge in [-0.1, -0.05) is 35.9 Å². The van der Waals surface area contributed by atoms with Crippen molar-refractivity contribution in [2.75, 3.05) is 5.73 Å². The van der Waals surface area contributed by atoms with E-state index >= 15 is 0 Å². The van der Waals surface area contributed by atoms with Crippen LogP contribution in [0, 0.1) is 11.2 Å². The number of pyridine rings is 1. The van der Waals surface area contributed by atoms with Gasteiger partial charge in [-0.2, -0.15) is 0 Å². The Labute approximate surface area is 181 Å². The summed E-state index contributed by atoms with van der Waals surface area (Å²) in [5.41, 5.74) is 9.14. The Morgan fingerprint density at radius 1 is 1.30 bits per heavy atom. The summed E-state index contributed by atoms with van der Waals surface area (Å²) in [5.74, 6) is 0.203. The minimum absolute atomic E-state index is 0.223. The van der Waals surface area contributed by atoms with Crippen LogP contribution in [0.5, 0.6) is 5.75 Å². The SMILES string of the molecule is CC(Oc1cc(\C(C=N)=C2/C=C\C=C/CCCC2)cnc1N)c1cc(F)ccc1Cl. The number of ether oxygens (including phenoxy) is 1. The number of hydrogen-bond donors (Lipinski definition) is 2. The Morgan fingerprint density at radius 2 is 2.13 bits per heavy atom. The number of nitrogen functional groups attached to an aromatic ring is 1. The number of benzene rings is 1. The van der Waals surface area contributed by atoms with E-state index < -0.39 is 6.10 Å². The van der Waals surface area contributed by atoms with Crippen molar-refractivity contribution >= 4 is 29.2 Å². The molecule has 1 aromatic heterocycles. The molecule has 4 nitrogen and oxygen atoms in total. The first kappa shape index (κ1) is 21.8. The molecule has 6 heteroatoms. The zero-order valence-electron chi connectivity index (χ0n) is 16.9. The molecule has 1 atom stereocenters. The second-order valence-electron chi connectivity index (χ2n) is 7.15. The fraction of sp³-hybridized carbons (Fsp3) is 0.250. The fourth-order valence-corrected chi connectivity index (χ4v) is 3.64. The molecule has 0 fully saturated rings. The Bertz CT molecular complexity index is 1010.